The van der Waals surface area contributed by atoms with Gasteiger partial charge in [-0.15, -0.1) is 0 Å². The summed E-state index contributed by atoms with van der Waals surface area (Å²) in [4.78, 5) is 2.38. The Labute approximate surface area is 97.2 Å². The Hall–Kier alpha value is -1.22. The molecule has 0 radical (unpaired) electrons. The highest BCUT2D eigenvalue weighted by atomic mass is 16.5. The van der Waals surface area contributed by atoms with E-state index in [0.717, 1.165) is 18.8 Å². The van der Waals surface area contributed by atoms with Crippen LogP contribution in [0.4, 0.5) is 11.4 Å². The van der Waals surface area contributed by atoms with Gasteiger partial charge in [-0.05, 0) is 44.5 Å². The lowest BCUT2D eigenvalue weighted by atomic mass is 10.1. The van der Waals surface area contributed by atoms with Gasteiger partial charge in [-0.2, -0.15) is 0 Å². The number of nitrogens with two attached hydrogens (primary N) is 1. The molecule has 1 aliphatic rings. The predicted molar refractivity (Wildman–Crippen MR) is 67.8 cm³/mol. The molecule has 0 saturated carbocycles. The van der Waals surface area contributed by atoms with Gasteiger partial charge < -0.3 is 15.4 Å². The molecule has 0 aliphatic carbocycles. The minimum Gasteiger partial charge on any atom is -0.399 e. The maximum absolute atomic E-state index is 5.77. The molecule has 0 spiro atoms. The van der Waals surface area contributed by atoms with Crippen molar-refractivity contribution in [3.63, 3.8) is 0 Å². The molecule has 88 valence electrons. The molecule has 3 nitrogen and oxygen atoms in total. The number of anilines is 2. The van der Waals surface area contributed by atoms with Crippen molar-refractivity contribution in [1.29, 1.82) is 0 Å². The van der Waals surface area contributed by atoms with Crippen LogP contribution in [0.5, 0.6) is 0 Å². The molecule has 0 aromatic heterocycles. The largest absolute Gasteiger partial charge is 0.399 e. The van der Waals surface area contributed by atoms with Gasteiger partial charge in [0.25, 0.3) is 0 Å². The van der Waals surface area contributed by atoms with Crippen molar-refractivity contribution in [3.05, 3.63) is 23.8 Å². The highest BCUT2D eigenvalue weighted by Crippen LogP contribution is 2.25. The van der Waals surface area contributed by atoms with Crippen molar-refractivity contribution >= 4 is 11.4 Å². The van der Waals surface area contributed by atoms with Gasteiger partial charge in [0, 0.05) is 24.5 Å². The standard InChI is InChI=1S/C13H20N2O/c1-9-6-12(14)4-5-13(9)15-7-10(2)16-11(3)8-15/h4-6,10-11H,7-8,14H2,1-3H3/t10-,11-/m0/s1. The van der Waals surface area contributed by atoms with Crippen molar-refractivity contribution in [2.24, 2.45) is 0 Å². The predicted octanol–water partition coefficient (Wildman–Crippen LogP) is 2.19. The molecule has 0 amide bonds. The van der Waals surface area contributed by atoms with Crippen molar-refractivity contribution < 1.29 is 4.74 Å². The van der Waals surface area contributed by atoms with E-state index in [-0.39, 0.29) is 0 Å². The Balaban J connectivity index is 2.23. The Morgan fingerprint density at radius 3 is 2.44 bits per heavy atom. The molecule has 1 heterocycles. The van der Waals surface area contributed by atoms with Gasteiger partial charge >= 0.3 is 0 Å². The van der Waals surface area contributed by atoms with Crippen LogP contribution in [0, 0.1) is 6.92 Å². The number of benzene rings is 1. The fourth-order valence-corrected chi connectivity index (χ4v) is 2.41. The zero-order valence-corrected chi connectivity index (χ0v) is 10.2. The Bertz CT molecular complexity index is 368. The molecule has 0 bridgehead atoms. The average Bonchev–Trinajstić information content (AvgIpc) is 2.15. The summed E-state index contributed by atoms with van der Waals surface area (Å²) in [7, 11) is 0. The van der Waals surface area contributed by atoms with E-state index in [2.05, 4.69) is 31.7 Å². The highest BCUT2D eigenvalue weighted by molar-refractivity contribution is 5.59. The first-order valence-corrected chi connectivity index (χ1v) is 5.83. The monoisotopic (exact) mass is 220 g/mol. The number of hydrogen-bond donors (Lipinski definition) is 1. The molecule has 1 aromatic carbocycles. The van der Waals surface area contributed by atoms with Crippen LogP contribution in [-0.2, 0) is 4.74 Å². The second-order valence-corrected chi connectivity index (χ2v) is 4.71. The number of morpholine rings is 1. The molecule has 16 heavy (non-hydrogen) atoms. The molecule has 1 fully saturated rings. The fraction of sp³-hybridized carbons (Fsp3) is 0.538. The van der Waals surface area contributed by atoms with Crippen molar-refractivity contribution in [2.45, 2.75) is 33.0 Å². The van der Waals surface area contributed by atoms with E-state index in [1.807, 2.05) is 12.1 Å². The summed E-state index contributed by atoms with van der Waals surface area (Å²) >= 11 is 0. The van der Waals surface area contributed by atoms with Crippen molar-refractivity contribution in [1.82, 2.24) is 0 Å². The lowest BCUT2D eigenvalue weighted by Crippen LogP contribution is -2.45. The topological polar surface area (TPSA) is 38.5 Å². The number of nitrogens with zero attached hydrogens (tertiary/aromatic N) is 1. The first kappa shape index (κ1) is 11.3. The second-order valence-electron chi connectivity index (χ2n) is 4.71. The van der Waals surface area contributed by atoms with Crippen molar-refractivity contribution in [2.75, 3.05) is 23.7 Å². The first-order chi connectivity index (χ1) is 7.56. The van der Waals surface area contributed by atoms with E-state index in [1.54, 1.807) is 0 Å². The van der Waals surface area contributed by atoms with E-state index >= 15 is 0 Å². The normalized spacial score (nSPS) is 25.8. The maximum Gasteiger partial charge on any atom is 0.0726 e. The second kappa shape index (κ2) is 4.34. The van der Waals surface area contributed by atoms with Crippen LogP contribution in [0.1, 0.15) is 19.4 Å². The molecule has 3 heteroatoms. The van der Waals surface area contributed by atoms with Crippen LogP contribution < -0.4 is 10.6 Å². The van der Waals surface area contributed by atoms with E-state index < -0.39 is 0 Å². The molecule has 1 saturated heterocycles. The Kier molecular flexibility index (Phi) is 3.06. The summed E-state index contributed by atoms with van der Waals surface area (Å²) in [5, 5.41) is 0. The minimum absolute atomic E-state index is 0.292. The summed E-state index contributed by atoms with van der Waals surface area (Å²) in [6.45, 7) is 8.26. The Morgan fingerprint density at radius 1 is 1.25 bits per heavy atom. The van der Waals surface area contributed by atoms with Gasteiger partial charge in [-0.3, -0.25) is 0 Å². The lowest BCUT2D eigenvalue weighted by Gasteiger charge is -2.37. The molecule has 2 atom stereocenters. The van der Waals surface area contributed by atoms with Gasteiger partial charge in [0.05, 0.1) is 12.2 Å². The third kappa shape index (κ3) is 2.30. The third-order valence-corrected chi connectivity index (χ3v) is 2.98. The third-order valence-electron chi connectivity index (χ3n) is 2.98. The fourth-order valence-electron chi connectivity index (χ4n) is 2.41. The Morgan fingerprint density at radius 2 is 1.88 bits per heavy atom. The number of rotatable bonds is 1. The number of ether oxygens (including phenoxy) is 1. The van der Waals surface area contributed by atoms with Gasteiger partial charge in [0.2, 0.25) is 0 Å². The summed E-state index contributed by atoms with van der Waals surface area (Å²) in [5.41, 5.74) is 9.11. The van der Waals surface area contributed by atoms with E-state index in [0.29, 0.717) is 12.2 Å². The molecular weight excluding hydrogens is 200 g/mol. The van der Waals surface area contributed by atoms with E-state index in [4.69, 9.17) is 10.5 Å². The van der Waals surface area contributed by atoms with E-state index in [9.17, 15) is 0 Å². The van der Waals surface area contributed by atoms with Crippen LogP contribution in [0.3, 0.4) is 0 Å². The SMILES string of the molecule is Cc1cc(N)ccc1N1C[C@H](C)O[C@@H](C)C1. The summed E-state index contributed by atoms with van der Waals surface area (Å²) < 4.78 is 5.74. The van der Waals surface area contributed by atoms with Crippen molar-refractivity contribution in [3.8, 4) is 0 Å². The smallest absolute Gasteiger partial charge is 0.0726 e. The van der Waals surface area contributed by atoms with Crippen LogP contribution in [0.25, 0.3) is 0 Å². The lowest BCUT2D eigenvalue weighted by molar-refractivity contribution is -0.00524. The summed E-state index contributed by atoms with van der Waals surface area (Å²) in [6.07, 6.45) is 0.585. The van der Waals surface area contributed by atoms with Gasteiger partial charge in [-0.25, -0.2) is 0 Å². The number of nitrogen functional groups attached to an aromatic ring is 1. The van der Waals surface area contributed by atoms with Gasteiger partial charge in [0.1, 0.15) is 0 Å². The maximum atomic E-state index is 5.77. The molecule has 1 aliphatic heterocycles. The molecule has 2 rings (SSSR count). The molecule has 1 aromatic rings. The highest BCUT2D eigenvalue weighted by Gasteiger charge is 2.23. The summed E-state index contributed by atoms with van der Waals surface area (Å²) in [5.74, 6) is 0. The van der Waals surface area contributed by atoms with Gasteiger partial charge in [-0.1, -0.05) is 0 Å². The van der Waals surface area contributed by atoms with Crippen LogP contribution in [-0.4, -0.2) is 25.3 Å². The first-order valence-electron chi connectivity index (χ1n) is 5.83. The van der Waals surface area contributed by atoms with Crippen LogP contribution in [0.2, 0.25) is 0 Å². The minimum atomic E-state index is 0.292. The average molecular weight is 220 g/mol. The van der Waals surface area contributed by atoms with Crippen LogP contribution >= 0.6 is 0 Å². The molecule has 0 unspecified atom stereocenters. The molecular formula is C13H20N2O. The number of hydrogen-bond acceptors (Lipinski definition) is 3. The van der Waals surface area contributed by atoms with Crippen LogP contribution in [0.15, 0.2) is 18.2 Å². The zero-order valence-electron chi connectivity index (χ0n) is 10.2. The molecule has 2 N–H and O–H groups in total. The van der Waals surface area contributed by atoms with Gasteiger partial charge in [0.15, 0.2) is 0 Å². The zero-order chi connectivity index (χ0) is 11.7. The quantitative estimate of drug-likeness (QED) is 0.737. The number of aryl methyl sites for hydroxylation is 1. The van der Waals surface area contributed by atoms with E-state index in [1.165, 1.54) is 11.3 Å². The summed E-state index contributed by atoms with van der Waals surface area (Å²) in [6, 6.07) is 6.10.